The van der Waals surface area contributed by atoms with Crippen molar-refractivity contribution in [3.63, 3.8) is 0 Å². The summed E-state index contributed by atoms with van der Waals surface area (Å²) in [6.07, 6.45) is -0.796. The predicted octanol–water partition coefficient (Wildman–Crippen LogP) is 2.15. The number of amides is 1. The van der Waals surface area contributed by atoms with Crippen molar-refractivity contribution < 1.29 is 14.3 Å². The van der Waals surface area contributed by atoms with Crippen molar-refractivity contribution in [3.05, 3.63) is 29.1 Å². The van der Waals surface area contributed by atoms with Crippen molar-refractivity contribution in [2.45, 2.75) is 39.8 Å². The minimum Gasteiger partial charge on any atom is -0.389 e. The lowest BCUT2D eigenvalue weighted by Gasteiger charge is -2.24. The van der Waals surface area contributed by atoms with Gasteiger partial charge in [-0.15, -0.1) is 0 Å². The number of carbonyl (C=O) groups is 1. The molecule has 2 N–H and O–H groups in total. The Balaban J connectivity index is 2.99. The molecule has 0 saturated carbocycles. The molecule has 20 heavy (non-hydrogen) atoms. The molecule has 112 valence electrons. The van der Waals surface area contributed by atoms with Gasteiger partial charge >= 0.3 is 0 Å². The van der Waals surface area contributed by atoms with Crippen LogP contribution < -0.4 is 10.2 Å². The van der Waals surface area contributed by atoms with Crippen molar-refractivity contribution in [3.8, 4) is 0 Å². The van der Waals surface area contributed by atoms with Crippen LogP contribution in [0.1, 0.15) is 38.0 Å². The number of anilines is 1. The minimum atomic E-state index is -0.796. The quantitative estimate of drug-likeness (QED) is 0.870. The van der Waals surface area contributed by atoms with Crippen molar-refractivity contribution in [2.75, 3.05) is 18.5 Å². The third-order valence-electron chi connectivity index (χ3n) is 3.00. The summed E-state index contributed by atoms with van der Waals surface area (Å²) >= 11 is 0. The topological polar surface area (TPSA) is 52.6 Å². The lowest BCUT2D eigenvalue weighted by atomic mass is 10.0. The summed E-state index contributed by atoms with van der Waals surface area (Å²) in [5.74, 6) is -0.467. The van der Waals surface area contributed by atoms with Gasteiger partial charge in [0.1, 0.15) is 5.82 Å². The number of benzene rings is 1. The van der Waals surface area contributed by atoms with Gasteiger partial charge < -0.3 is 15.3 Å². The highest BCUT2D eigenvalue weighted by Gasteiger charge is 2.17. The van der Waals surface area contributed by atoms with Gasteiger partial charge in [-0.3, -0.25) is 4.79 Å². The van der Waals surface area contributed by atoms with E-state index in [9.17, 15) is 14.3 Å². The first-order valence-electron chi connectivity index (χ1n) is 6.71. The Hall–Kier alpha value is -1.62. The largest absolute Gasteiger partial charge is 0.389 e. The summed E-state index contributed by atoms with van der Waals surface area (Å²) in [5, 5.41) is 12.6. The summed E-state index contributed by atoms with van der Waals surface area (Å²) in [6.45, 7) is 7.17. The average molecular weight is 282 g/mol. The molecular weight excluding hydrogens is 259 g/mol. The van der Waals surface area contributed by atoms with E-state index in [1.54, 1.807) is 31.9 Å². The maximum absolute atomic E-state index is 13.6. The van der Waals surface area contributed by atoms with Gasteiger partial charge in [-0.2, -0.15) is 0 Å². The maximum Gasteiger partial charge on any atom is 0.239 e. The summed E-state index contributed by atoms with van der Waals surface area (Å²) in [6, 6.07) is 3.05. The normalized spacial score (nSPS) is 12.4. The van der Waals surface area contributed by atoms with E-state index in [2.05, 4.69) is 5.32 Å². The average Bonchev–Trinajstić information content (AvgIpc) is 2.30. The van der Waals surface area contributed by atoms with Gasteiger partial charge in [-0.05, 0) is 45.4 Å². The predicted molar refractivity (Wildman–Crippen MR) is 78.3 cm³/mol. The molecule has 0 aliphatic carbocycles. The van der Waals surface area contributed by atoms with Gasteiger partial charge in [-0.25, -0.2) is 4.39 Å². The van der Waals surface area contributed by atoms with Crippen LogP contribution in [0.2, 0.25) is 0 Å². The highest BCUT2D eigenvalue weighted by molar-refractivity contribution is 5.81. The Morgan fingerprint density at radius 3 is 2.50 bits per heavy atom. The number of likely N-dealkylation sites (N-methyl/N-ethyl adjacent to an activating group) is 1. The van der Waals surface area contributed by atoms with Crippen molar-refractivity contribution >= 4 is 11.6 Å². The third kappa shape index (κ3) is 4.20. The van der Waals surface area contributed by atoms with E-state index in [0.717, 1.165) is 0 Å². The number of aliphatic hydroxyl groups excluding tert-OH is 1. The zero-order chi connectivity index (χ0) is 15.4. The molecule has 0 saturated heterocycles. The molecule has 0 spiro atoms. The highest BCUT2D eigenvalue weighted by Crippen LogP contribution is 2.28. The van der Waals surface area contributed by atoms with Crippen LogP contribution in [0.25, 0.3) is 0 Å². The lowest BCUT2D eigenvalue weighted by Crippen LogP contribution is -2.39. The van der Waals surface area contributed by atoms with E-state index < -0.39 is 6.10 Å². The number of nitrogens with zero attached hydrogens (tertiary/aromatic N) is 1. The number of hydrogen-bond acceptors (Lipinski definition) is 3. The van der Waals surface area contributed by atoms with E-state index in [-0.39, 0.29) is 24.3 Å². The summed E-state index contributed by atoms with van der Waals surface area (Å²) < 4.78 is 13.6. The minimum absolute atomic E-state index is 0.0714. The molecule has 0 fully saturated rings. The number of halogens is 1. The Labute approximate surface area is 119 Å². The van der Waals surface area contributed by atoms with E-state index in [4.69, 9.17) is 0 Å². The number of rotatable bonds is 5. The zero-order valence-electron chi connectivity index (χ0n) is 12.7. The van der Waals surface area contributed by atoms with Gasteiger partial charge in [0.25, 0.3) is 0 Å². The molecule has 1 aromatic rings. The SMILES string of the molecule is Cc1cc(N(C)CC(=O)NC(C)C)c([C@@H](C)O)cc1F. The number of carbonyl (C=O) groups excluding carboxylic acids is 1. The maximum atomic E-state index is 13.6. The molecule has 0 bridgehead atoms. The Morgan fingerprint density at radius 2 is 2.00 bits per heavy atom. The summed E-state index contributed by atoms with van der Waals surface area (Å²) in [7, 11) is 1.75. The summed E-state index contributed by atoms with van der Waals surface area (Å²) in [4.78, 5) is 13.5. The van der Waals surface area contributed by atoms with Gasteiger partial charge in [-0.1, -0.05) is 0 Å². The number of hydrogen-bond donors (Lipinski definition) is 2. The van der Waals surface area contributed by atoms with E-state index in [1.165, 1.54) is 6.07 Å². The monoisotopic (exact) mass is 282 g/mol. The smallest absolute Gasteiger partial charge is 0.239 e. The molecule has 1 atom stereocenters. The molecule has 1 amide bonds. The second-order valence-corrected chi connectivity index (χ2v) is 5.41. The van der Waals surface area contributed by atoms with E-state index >= 15 is 0 Å². The number of aliphatic hydroxyl groups is 1. The van der Waals surface area contributed by atoms with Crippen molar-refractivity contribution in [1.29, 1.82) is 0 Å². The van der Waals surface area contributed by atoms with Crippen molar-refractivity contribution in [2.24, 2.45) is 0 Å². The van der Waals surface area contributed by atoms with Crippen LogP contribution in [0.15, 0.2) is 12.1 Å². The van der Waals surface area contributed by atoms with Crippen LogP contribution in [0.4, 0.5) is 10.1 Å². The molecule has 0 radical (unpaired) electrons. The fraction of sp³-hybridized carbons (Fsp3) is 0.533. The van der Waals surface area contributed by atoms with Crippen LogP contribution in [0.5, 0.6) is 0 Å². The first-order valence-corrected chi connectivity index (χ1v) is 6.71. The van der Waals surface area contributed by atoms with Gasteiger partial charge in [0.05, 0.1) is 12.6 Å². The molecule has 0 aliphatic heterocycles. The second kappa shape index (κ2) is 6.70. The molecule has 4 nitrogen and oxygen atoms in total. The number of aryl methyl sites for hydroxylation is 1. The molecule has 1 aromatic carbocycles. The molecule has 0 aliphatic rings. The van der Waals surface area contributed by atoms with Gasteiger partial charge in [0.2, 0.25) is 5.91 Å². The fourth-order valence-electron chi connectivity index (χ4n) is 2.02. The Kier molecular flexibility index (Phi) is 5.51. The van der Waals surface area contributed by atoms with Crippen LogP contribution >= 0.6 is 0 Å². The number of nitrogens with one attached hydrogen (secondary N) is 1. The standard InChI is InChI=1S/C15H23FN2O2/c1-9(2)17-15(20)8-18(5)14-6-10(3)13(16)7-12(14)11(4)19/h6-7,9,11,19H,8H2,1-5H3,(H,17,20)/t11-/m1/s1. The van der Waals surface area contributed by atoms with Crippen LogP contribution in [0, 0.1) is 12.7 Å². The lowest BCUT2D eigenvalue weighted by molar-refractivity contribution is -0.120. The zero-order valence-corrected chi connectivity index (χ0v) is 12.7. The van der Waals surface area contributed by atoms with Crippen molar-refractivity contribution in [1.82, 2.24) is 5.32 Å². The molecule has 0 heterocycles. The first kappa shape index (κ1) is 16.4. The molecule has 5 heteroatoms. The second-order valence-electron chi connectivity index (χ2n) is 5.41. The van der Waals surface area contributed by atoms with E-state index in [0.29, 0.717) is 16.8 Å². The highest BCUT2D eigenvalue weighted by atomic mass is 19.1. The van der Waals surface area contributed by atoms with Gasteiger partial charge in [0.15, 0.2) is 0 Å². The fourth-order valence-corrected chi connectivity index (χ4v) is 2.02. The van der Waals surface area contributed by atoms with Crippen LogP contribution in [0.3, 0.4) is 0 Å². The molecule has 1 rings (SSSR count). The van der Waals surface area contributed by atoms with Crippen LogP contribution in [-0.4, -0.2) is 30.6 Å². The Bertz CT molecular complexity index is 487. The first-order chi connectivity index (χ1) is 9.22. The third-order valence-corrected chi connectivity index (χ3v) is 3.00. The molecular formula is C15H23FN2O2. The van der Waals surface area contributed by atoms with E-state index in [1.807, 2.05) is 13.8 Å². The molecule has 0 aromatic heterocycles. The van der Waals surface area contributed by atoms with Gasteiger partial charge in [0, 0.05) is 24.3 Å². The Morgan fingerprint density at radius 1 is 1.40 bits per heavy atom. The van der Waals surface area contributed by atoms with Crippen LogP contribution in [-0.2, 0) is 4.79 Å². The molecule has 0 unspecified atom stereocenters. The summed E-state index contributed by atoms with van der Waals surface area (Å²) in [5.41, 5.74) is 1.63.